The first-order chi connectivity index (χ1) is 8.36. The van der Waals surface area contributed by atoms with Crippen molar-refractivity contribution < 1.29 is 4.74 Å². The van der Waals surface area contributed by atoms with E-state index in [9.17, 15) is 0 Å². The van der Waals surface area contributed by atoms with Gasteiger partial charge in [0.05, 0.1) is 18.9 Å². The lowest BCUT2D eigenvalue weighted by molar-refractivity contribution is 0.00611. The van der Waals surface area contributed by atoms with E-state index in [0.29, 0.717) is 11.8 Å². The molecule has 3 heterocycles. The van der Waals surface area contributed by atoms with E-state index < -0.39 is 0 Å². The number of hydrogen-bond donors (Lipinski definition) is 1. The molecule has 0 aliphatic carbocycles. The standard InChI is InChI=1S/C14H20N2O/c1-10-2-7-16-14(12-8-17-9-12)13(10)11-3-5-15-6-4-11/h2,7,11-12,15H,3-6,8-9H2,1H3. The average Bonchev–Trinajstić information content (AvgIpc) is 2.28. The zero-order valence-electron chi connectivity index (χ0n) is 10.4. The van der Waals surface area contributed by atoms with Gasteiger partial charge in [0, 0.05) is 12.1 Å². The van der Waals surface area contributed by atoms with Crippen LogP contribution in [0.1, 0.15) is 41.5 Å². The molecule has 0 amide bonds. The Labute approximate surface area is 103 Å². The maximum absolute atomic E-state index is 5.32. The van der Waals surface area contributed by atoms with Gasteiger partial charge in [0.2, 0.25) is 0 Å². The third-order valence-electron chi connectivity index (χ3n) is 4.01. The number of pyridine rings is 1. The first-order valence-corrected chi connectivity index (χ1v) is 6.60. The molecule has 3 rings (SSSR count). The molecule has 0 bridgehead atoms. The summed E-state index contributed by atoms with van der Waals surface area (Å²) in [7, 11) is 0. The summed E-state index contributed by atoms with van der Waals surface area (Å²) >= 11 is 0. The molecule has 3 nitrogen and oxygen atoms in total. The molecular formula is C14H20N2O. The molecule has 1 N–H and O–H groups in total. The van der Waals surface area contributed by atoms with E-state index in [4.69, 9.17) is 4.74 Å². The van der Waals surface area contributed by atoms with E-state index in [1.165, 1.54) is 29.7 Å². The van der Waals surface area contributed by atoms with Gasteiger partial charge in [-0.1, -0.05) is 0 Å². The van der Waals surface area contributed by atoms with Crippen molar-refractivity contribution in [2.75, 3.05) is 26.3 Å². The smallest absolute Gasteiger partial charge is 0.0572 e. The predicted octanol–water partition coefficient (Wildman–Crippen LogP) is 1.97. The summed E-state index contributed by atoms with van der Waals surface area (Å²) in [6.07, 6.45) is 4.44. The number of ether oxygens (including phenoxy) is 1. The van der Waals surface area contributed by atoms with Crippen molar-refractivity contribution in [3.05, 3.63) is 29.1 Å². The van der Waals surface area contributed by atoms with Crippen molar-refractivity contribution in [2.24, 2.45) is 0 Å². The van der Waals surface area contributed by atoms with Gasteiger partial charge in [-0.25, -0.2) is 0 Å². The lowest BCUT2D eigenvalue weighted by atomic mass is 9.83. The van der Waals surface area contributed by atoms with Crippen LogP contribution in [0.4, 0.5) is 0 Å². The normalized spacial score (nSPS) is 22.4. The van der Waals surface area contributed by atoms with Crippen LogP contribution in [0.15, 0.2) is 12.3 Å². The van der Waals surface area contributed by atoms with Crippen LogP contribution in [0.25, 0.3) is 0 Å². The summed E-state index contributed by atoms with van der Waals surface area (Å²) in [4.78, 5) is 4.64. The summed E-state index contributed by atoms with van der Waals surface area (Å²) in [5.74, 6) is 1.24. The number of hydrogen-bond acceptors (Lipinski definition) is 3. The van der Waals surface area contributed by atoms with E-state index in [1.54, 1.807) is 0 Å². The Bertz CT molecular complexity index is 395. The van der Waals surface area contributed by atoms with Gasteiger partial charge >= 0.3 is 0 Å². The van der Waals surface area contributed by atoms with Gasteiger partial charge < -0.3 is 10.1 Å². The summed E-state index contributed by atoms with van der Waals surface area (Å²) in [5, 5.41) is 3.44. The lowest BCUT2D eigenvalue weighted by Crippen LogP contribution is -2.31. The van der Waals surface area contributed by atoms with Gasteiger partial charge in [0.15, 0.2) is 0 Å². The third kappa shape index (κ3) is 2.09. The molecule has 2 aliphatic heterocycles. The first-order valence-electron chi connectivity index (χ1n) is 6.60. The van der Waals surface area contributed by atoms with Crippen molar-refractivity contribution in [1.82, 2.24) is 10.3 Å². The minimum absolute atomic E-state index is 0.541. The lowest BCUT2D eigenvalue weighted by Gasteiger charge is -2.32. The first kappa shape index (κ1) is 11.2. The molecule has 2 aliphatic rings. The zero-order valence-corrected chi connectivity index (χ0v) is 10.4. The predicted molar refractivity (Wildman–Crippen MR) is 67.4 cm³/mol. The minimum atomic E-state index is 0.541. The highest BCUT2D eigenvalue weighted by molar-refractivity contribution is 5.35. The number of nitrogens with one attached hydrogen (secondary N) is 1. The molecule has 17 heavy (non-hydrogen) atoms. The van der Waals surface area contributed by atoms with Crippen molar-refractivity contribution in [3.63, 3.8) is 0 Å². The minimum Gasteiger partial charge on any atom is -0.380 e. The highest BCUT2D eigenvalue weighted by Crippen LogP contribution is 2.35. The fourth-order valence-corrected chi connectivity index (χ4v) is 2.95. The van der Waals surface area contributed by atoms with Crippen LogP contribution in [0.5, 0.6) is 0 Å². The Morgan fingerprint density at radius 3 is 2.65 bits per heavy atom. The maximum atomic E-state index is 5.32. The van der Waals surface area contributed by atoms with Gasteiger partial charge in [-0.05, 0) is 56.0 Å². The van der Waals surface area contributed by atoms with Crippen molar-refractivity contribution >= 4 is 0 Å². The maximum Gasteiger partial charge on any atom is 0.0572 e. The number of nitrogens with zero attached hydrogens (tertiary/aromatic N) is 1. The Hall–Kier alpha value is -0.930. The molecule has 0 aromatic carbocycles. The van der Waals surface area contributed by atoms with Gasteiger partial charge in [-0.3, -0.25) is 4.98 Å². The van der Waals surface area contributed by atoms with Crippen LogP contribution in [-0.4, -0.2) is 31.3 Å². The SMILES string of the molecule is Cc1ccnc(C2COC2)c1C1CCNCC1. The number of aryl methyl sites for hydroxylation is 1. The molecule has 0 unspecified atom stereocenters. The zero-order chi connectivity index (χ0) is 11.7. The Balaban J connectivity index is 1.94. The van der Waals surface area contributed by atoms with Crippen LogP contribution < -0.4 is 5.32 Å². The van der Waals surface area contributed by atoms with Crippen molar-refractivity contribution in [3.8, 4) is 0 Å². The molecular weight excluding hydrogens is 212 g/mol. The van der Waals surface area contributed by atoms with Gasteiger partial charge in [-0.15, -0.1) is 0 Å². The van der Waals surface area contributed by atoms with Gasteiger partial charge in [0.1, 0.15) is 0 Å². The molecule has 0 spiro atoms. The fraction of sp³-hybridized carbons (Fsp3) is 0.643. The molecule has 3 heteroatoms. The third-order valence-corrected chi connectivity index (χ3v) is 4.01. The Morgan fingerprint density at radius 1 is 1.24 bits per heavy atom. The van der Waals surface area contributed by atoms with E-state index in [0.717, 1.165) is 26.3 Å². The van der Waals surface area contributed by atoms with Crippen LogP contribution >= 0.6 is 0 Å². The monoisotopic (exact) mass is 232 g/mol. The highest BCUT2D eigenvalue weighted by atomic mass is 16.5. The second-order valence-corrected chi connectivity index (χ2v) is 5.19. The second-order valence-electron chi connectivity index (χ2n) is 5.19. The summed E-state index contributed by atoms with van der Waals surface area (Å²) in [6, 6.07) is 2.15. The molecule has 0 saturated carbocycles. The molecule has 1 aromatic heterocycles. The number of rotatable bonds is 2. The largest absolute Gasteiger partial charge is 0.380 e. The number of piperidine rings is 1. The average molecular weight is 232 g/mol. The van der Waals surface area contributed by atoms with Crippen molar-refractivity contribution in [1.29, 1.82) is 0 Å². The van der Waals surface area contributed by atoms with Crippen LogP contribution in [0, 0.1) is 6.92 Å². The van der Waals surface area contributed by atoms with E-state index >= 15 is 0 Å². The van der Waals surface area contributed by atoms with Gasteiger partial charge in [0.25, 0.3) is 0 Å². The van der Waals surface area contributed by atoms with Crippen LogP contribution in [0.3, 0.4) is 0 Å². The molecule has 0 radical (unpaired) electrons. The fourth-order valence-electron chi connectivity index (χ4n) is 2.95. The highest BCUT2D eigenvalue weighted by Gasteiger charge is 2.29. The topological polar surface area (TPSA) is 34.1 Å². The van der Waals surface area contributed by atoms with Gasteiger partial charge in [-0.2, -0.15) is 0 Å². The molecule has 92 valence electrons. The summed E-state index contributed by atoms with van der Waals surface area (Å²) in [6.45, 7) is 6.21. The van der Waals surface area contributed by atoms with E-state index in [-0.39, 0.29) is 0 Å². The molecule has 2 fully saturated rings. The number of aromatic nitrogens is 1. The second kappa shape index (κ2) is 4.75. The quantitative estimate of drug-likeness (QED) is 0.846. The molecule has 0 atom stereocenters. The van der Waals surface area contributed by atoms with Crippen LogP contribution in [0.2, 0.25) is 0 Å². The Morgan fingerprint density at radius 2 is 2.00 bits per heavy atom. The summed E-state index contributed by atoms with van der Waals surface area (Å²) in [5.41, 5.74) is 4.24. The molecule has 1 aromatic rings. The van der Waals surface area contributed by atoms with E-state index in [2.05, 4.69) is 23.3 Å². The van der Waals surface area contributed by atoms with E-state index in [1.807, 2.05) is 6.20 Å². The summed E-state index contributed by atoms with van der Waals surface area (Å²) < 4.78 is 5.32. The Kier molecular flexibility index (Phi) is 3.12. The van der Waals surface area contributed by atoms with Crippen LogP contribution in [-0.2, 0) is 4.74 Å². The van der Waals surface area contributed by atoms with Crippen molar-refractivity contribution in [2.45, 2.75) is 31.6 Å². The molecule has 2 saturated heterocycles.